The molecule has 0 saturated carbocycles. The maximum Gasteiger partial charge on any atom is 0.216 e. The van der Waals surface area contributed by atoms with Crippen molar-refractivity contribution in [2.75, 3.05) is 13.1 Å². The monoisotopic (exact) mass is 448 g/mol. The fraction of sp³-hybridized carbons (Fsp3) is 0.273. The Bertz CT molecular complexity index is 988. The number of aromatic nitrogens is 2. The minimum Gasteiger partial charge on any atom is -0.355 e. The second-order valence-corrected chi connectivity index (χ2v) is 7.95. The van der Waals surface area contributed by atoms with E-state index >= 15 is 0 Å². The summed E-state index contributed by atoms with van der Waals surface area (Å²) < 4.78 is 15.6. The van der Waals surface area contributed by atoms with Crippen LogP contribution in [0.4, 0.5) is 4.39 Å². The molecule has 0 atom stereocenters. The number of halogens is 3. The van der Waals surface area contributed by atoms with E-state index in [2.05, 4.69) is 15.2 Å². The number of nitrogens with one attached hydrogen (secondary N) is 1. The van der Waals surface area contributed by atoms with Gasteiger partial charge in [-0.25, -0.2) is 9.37 Å². The largest absolute Gasteiger partial charge is 0.355 e. The molecular weight excluding hydrogens is 426 g/mol. The molecule has 158 valence electrons. The highest BCUT2D eigenvalue weighted by Gasteiger charge is 2.13. The summed E-state index contributed by atoms with van der Waals surface area (Å²) in [4.78, 5) is 17.9. The molecule has 0 aliphatic carbocycles. The number of amides is 1. The smallest absolute Gasteiger partial charge is 0.216 e. The van der Waals surface area contributed by atoms with E-state index in [0.29, 0.717) is 42.8 Å². The zero-order valence-corrected chi connectivity index (χ0v) is 18.1. The normalized spacial score (nSPS) is 11.1. The van der Waals surface area contributed by atoms with Gasteiger partial charge in [-0.05, 0) is 41.5 Å². The summed E-state index contributed by atoms with van der Waals surface area (Å²) >= 11 is 12.2. The lowest BCUT2D eigenvalue weighted by molar-refractivity contribution is -0.119. The summed E-state index contributed by atoms with van der Waals surface area (Å²) in [6.45, 7) is 4.24. The van der Waals surface area contributed by atoms with Gasteiger partial charge in [0.15, 0.2) is 0 Å². The Kier molecular flexibility index (Phi) is 7.85. The lowest BCUT2D eigenvalue weighted by Gasteiger charge is -2.23. The minimum absolute atomic E-state index is 0.0833. The van der Waals surface area contributed by atoms with Crippen LogP contribution in [0.1, 0.15) is 23.9 Å². The molecule has 0 unspecified atom stereocenters. The van der Waals surface area contributed by atoms with Gasteiger partial charge >= 0.3 is 0 Å². The standard InChI is InChI=1S/C22H23Cl2FN4O/c1-16(30)26-5-7-28(13-17-3-2-4-21(25)11-17)15-22-27-6-8-29(22)14-18-9-19(23)12-20(24)10-18/h2-4,6,8-12H,5,7,13-15H2,1H3,(H,26,30). The molecule has 1 N–H and O–H groups in total. The van der Waals surface area contributed by atoms with Crippen molar-refractivity contribution in [3.05, 3.63) is 87.7 Å². The van der Waals surface area contributed by atoms with Crippen LogP contribution >= 0.6 is 23.2 Å². The van der Waals surface area contributed by atoms with Crippen molar-refractivity contribution in [2.24, 2.45) is 0 Å². The van der Waals surface area contributed by atoms with E-state index in [1.54, 1.807) is 18.3 Å². The van der Waals surface area contributed by atoms with Crippen LogP contribution in [0.5, 0.6) is 0 Å². The average Bonchev–Trinajstić information content (AvgIpc) is 3.07. The van der Waals surface area contributed by atoms with Crippen molar-refractivity contribution >= 4 is 29.1 Å². The SMILES string of the molecule is CC(=O)NCCN(Cc1cccc(F)c1)Cc1nccn1Cc1cc(Cl)cc(Cl)c1. The van der Waals surface area contributed by atoms with Gasteiger partial charge in [0.05, 0.1) is 6.54 Å². The zero-order valence-electron chi connectivity index (χ0n) is 16.6. The predicted octanol–water partition coefficient (Wildman–Crippen LogP) is 4.52. The number of hydrogen-bond acceptors (Lipinski definition) is 3. The molecule has 0 bridgehead atoms. The van der Waals surface area contributed by atoms with Crippen molar-refractivity contribution in [1.82, 2.24) is 19.8 Å². The first kappa shape index (κ1) is 22.3. The van der Waals surface area contributed by atoms with Gasteiger partial charge in [0.1, 0.15) is 11.6 Å². The summed E-state index contributed by atoms with van der Waals surface area (Å²) in [5.74, 6) is 0.499. The summed E-state index contributed by atoms with van der Waals surface area (Å²) in [6.07, 6.45) is 3.65. The summed E-state index contributed by atoms with van der Waals surface area (Å²) in [5.41, 5.74) is 1.83. The molecule has 0 saturated heterocycles. The third-order valence-corrected chi connectivity index (χ3v) is 4.98. The second kappa shape index (κ2) is 10.6. The second-order valence-electron chi connectivity index (χ2n) is 7.07. The topological polar surface area (TPSA) is 50.2 Å². The molecule has 1 heterocycles. The van der Waals surface area contributed by atoms with E-state index in [9.17, 15) is 9.18 Å². The van der Waals surface area contributed by atoms with Gasteiger partial charge in [-0.15, -0.1) is 0 Å². The predicted molar refractivity (Wildman–Crippen MR) is 117 cm³/mol. The van der Waals surface area contributed by atoms with Crippen molar-refractivity contribution in [2.45, 2.75) is 26.6 Å². The maximum atomic E-state index is 13.6. The molecular formula is C22H23Cl2FN4O. The van der Waals surface area contributed by atoms with E-state index in [1.807, 2.05) is 29.0 Å². The number of hydrogen-bond donors (Lipinski definition) is 1. The van der Waals surface area contributed by atoms with Crippen molar-refractivity contribution in [1.29, 1.82) is 0 Å². The number of rotatable bonds is 9. The molecule has 0 fully saturated rings. The van der Waals surface area contributed by atoms with Crippen molar-refractivity contribution < 1.29 is 9.18 Å². The highest BCUT2D eigenvalue weighted by Crippen LogP contribution is 2.20. The van der Waals surface area contributed by atoms with Crippen LogP contribution in [0.15, 0.2) is 54.9 Å². The molecule has 1 amide bonds. The van der Waals surface area contributed by atoms with E-state index < -0.39 is 0 Å². The Balaban J connectivity index is 1.74. The van der Waals surface area contributed by atoms with E-state index in [4.69, 9.17) is 23.2 Å². The van der Waals surface area contributed by atoms with Crippen molar-refractivity contribution in [3.63, 3.8) is 0 Å². The van der Waals surface area contributed by atoms with E-state index in [1.165, 1.54) is 19.1 Å². The summed E-state index contributed by atoms with van der Waals surface area (Å²) in [5, 5.41) is 3.98. The fourth-order valence-corrected chi connectivity index (χ4v) is 3.80. The molecule has 0 aliphatic heterocycles. The molecule has 2 aromatic carbocycles. The maximum absolute atomic E-state index is 13.6. The van der Waals surface area contributed by atoms with Crippen LogP contribution in [0.2, 0.25) is 10.0 Å². The first-order chi connectivity index (χ1) is 14.4. The molecule has 8 heteroatoms. The van der Waals surface area contributed by atoms with E-state index in [-0.39, 0.29) is 11.7 Å². The van der Waals surface area contributed by atoms with Crippen LogP contribution in [-0.2, 0) is 24.4 Å². The highest BCUT2D eigenvalue weighted by molar-refractivity contribution is 6.34. The first-order valence-corrected chi connectivity index (χ1v) is 10.3. The lowest BCUT2D eigenvalue weighted by Crippen LogP contribution is -2.34. The highest BCUT2D eigenvalue weighted by atomic mass is 35.5. The average molecular weight is 449 g/mol. The molecule has 3 rings (SSSR count). The Hall–Kier alpha value is -2.41. The van der Waals surface area contributed by atoms with Gasteiger partial charge in [-0.3, -0.25) is 9.69 Å². The van der Waals surface area contributed by atoms with Gasteiger partial charge in [0.2, 0.25) is 5.91 Å². The Morgan fingerprint density at radius 2 is 1.90 bits per heavy atom. The van der Waals surface area contributed by atoms with E-state index in [0.717, 1.165) is 17.0 Å². The number of carbonyl (C=O) groups excluding carboxylic acids is 1. The van der Waals surface area contributed by atoms with Crippen LogP contribution in [0.25, 0.3) is 0 Å². The number of benzene rings is 2. The van der Waals surface area contributed by atoms with Crippen LogP contribution < -0.4 is 5.32 Å². The number of imidazole rings is 1. The number of carbonyl (C=O) groups is 1. The van der Waals surface area contributed by atoms with Crippen LogP contribution in [-0.4, -0.2) is 33.4 Å². The Morgan fingerprint density at radius 3 is 2.60 bits per heavy atom. The van der Waals surface area contributed by atoms with Gasteiger partial charge in [-0.1, -0.05) is 35.3 Å². The Labute approximate surface area is 185 Å². The van der Waals surface area contributed by atoms with Gasteiger partial charge < -0.3 is 9.88 Å². The molecule has 3 aromatic rings. The first-order valence-electron chi connectivity index (χ1n) is 9.55. The molecule has 1 aromatic heterocycles. The molecule has 5 nitrogen and oxygen atoms in total. The molecule has 30 heavy (non-hydrogen) atoms. The van der Waals surface area contributed by atoms with Crippen molar-refractivity contribution in [3.8, 4) is 0 Å². The zero-order chi connectivity index (χ0) is 21.5. The van der Waals surface area contributed by atoms with Gasteiger partial charge in [0, 0.05) is 55.5 Å². The lowest BCUT2D eigenvalue weighted by atomic mass is 10.2. The molecule has 0 radical (unpaired) electrons. The molecule has 0 aliphatic rings. The summed E-state index contributed by atoms with van der Waals surface area (Å²) in [7, 11) is 0. The fourth-order valence-electron chi connectivity index (χ4n) is 3.23. The van der Waals surface area contributed by atoms with Gasteiger partial charge in [0.25, 0.3) is 0 Å². The quantitative estimate of drug-likeness (QED) is 0.523. The minimum atomic E-state index is -0.270. The number of nitrogens with zero attached hydrogens (tertiary/aromatic N) is 3. The van der Waals surface area contributed by atoms with Crippen LogP contribution in [0.3, 0.4) is 0 Å². The third-order valence-electron chi connectivity index (χ3n) is 4.54. The Morgan fingerprint density at radius 1 is 1.13 bits per heavy atom. The molecule has 0 spiro atoms. The third kappa shape index (κ3) is 6.83. The van der Waals surface area contributed by atoms with Crippen LogP contribution in [0, 0.1) is 5.82 Å². The summed E-state index contributed by atoms with van der Waals surface area (Å²) in [6, 6.07) is 12.0. The van der Waals surface area contributed by atoms with Gasteiger partial charge in [-0.2, -0.15) is 0 Å².